The van der Waals surface area contributed by atoms with Gasteiger partial charge >= 0.3 is 6.09 Å². The van der Waals surface area contributed by atoms with Gasteiger partial charge in [0.2, 0.25) is 5.95 Å². The zero-order valence-electron chi connectivity index (χ0n) is 19.7. The number of aryl methyl sites for hydroxylation is 1. The zero-order valence-corrected chi connectivity index (χ0v) is 19.7. The van der Waals surface area contributed by atoms with E-state index in [0.717, 1.165) is 42.1 Å². The molecule has 4 aliphatic carbocycles. The minimum Gasteiger partial charge on any atom is -0.443 e. The van der Waals surface area contributed by atoms with Gasteiger partial charge in [-0.3, -0.25) is 14.2 Å². The summed E-state index contributed by atoms with van der Waals surface area (Å²) in [6.07, 6.45) is 8.65. The van der Waals surface area contributed by atoms with E-state index in [1.807, 2.05) is 23.7 Å². The number of anilines is 2. The first-order valence-electron chi connectivity index (χ1n) is 12.2. The number of amides is 1. The number of H-pyrrole nitrogens is 1. The molecule has 4 fully saturated rings. The van der Waals surface area contributed by atoms with Crippen molar-refractivity contribution in [1.82, 2.24) is 39.7 Å². The highest BCUT2D eigenvalue weighted by Gasteiger charge is 2.58. The van der Waals surface area contributed by atoms with Crippen molar-refractivity contribution < 1.29 is 13.9 Å². The number of nitrogens with zero attached hydrogens (tertiary/aromatic N) is 6. The van der Waals surface area contributed by atoms with Crippen LogP contribution in [0.15, 0.2) is 36.9 Å². The van der Waals surface area contributed by atoms with E-state index < -0.39 is 24.3 Å². The predicted octanol–water partition coefficient (Wildman–Crippen LogP) is 3.46. The fraction of sp³-hybridized carbons (Fsp3) is 0.458. The molecule has 0 spiro atoms. The Kier molecular flexibility index (Phi) is 4.60. The Hall–Kier alpha value is -3.96. The average Bonchev–Trinajstić information content (AvgIpc) is 3.59. The average molecular weight is 492 g/mol. The first-order valence-corrected chi connectivity index (χ1v) is 12.2. The topological polar surface area (TPSA) is 127 Å². The lowest BCUT2D eigenvalue weighted by Gasteiger charge is -2.61. The second kappa shape index (κ2) is 7.77. The second-order valence-electron chi connectivity index (χ2n) is 10.3. The number of aromatic nitrogens is 7. The standard InChI is InChI=1S/C24H26FN9O2/c1-33-12-14(11-27-33)16-7-20-26-4-5-34(20)22(28-16)29-19-6-17(31-32-19)15-2-3-18(21(15)25)36-23(35)30-24-8-13(9-24)10-24/h4-7,11-13,15,18,21H,2-3,8-10H2,1H3,(H,30,35)(H2,28,29,31,32)/t13?,15-,18-,21+,24?/m1/s1. The Morgan fingerprint density at radius 1 is 1.28 bits per heavy atom. The Labute approximate surface area is 205 Å². The van der Waals surface area contributed by atoms with Crippen molar-refractivity contribution in [3.8, 4) is 11.3 Å². The second-order valence-corrected chi connectivity index (χ2v) is 10.3. The Balaban J connectivity index is 1.06. The number of hydrogen-bond acceptors (Lipinski definition) is 7. The van der Waals surface area contributed by atoms with Crippen LogP contribution in [-0.2, 0) is 11.8 Å². The SMILES string of the molecule is Cn1cc(-c2cc3nccn3c(Nc3cc([C@H]4CC[C@@H](OC(=O)NC56CC(C5)C6)[C@H]4F)[nH]n3)n2)cn1. The number of hydrogen-bond donors (Lipinski definition) is 3. The van der Waals surface area contributed by atoms with Crippen LogP contribution in [0.5, 0.6) is 0 Å². The van der Waals surface area contributed by atoms with Gasteiger partial charge in [0.1, 0.15) is 17.9 Å². The van der Waals surface area contributed by atoms with Crippen LogP contribution in [0.25, 0.3) is 16.9 Å². The maximum absolute atomic E-state index is 15.3. The van der Waals surface area contributed by atoms with Crippen LogP contribution >= 0.6 is 0 Å². The molecule has 4 aliphatic rings. The summed E-state index contributed by atoms with van der Waals surface area (Å²) in [6.45, 7) is 0. The van der Waals surface area contributed by atoms with E-state index in [1.54, 1.807) is 29.3 Å². The highest BCUT2D eigenvalue weighted by molar-refractivity contribution is 5.69. The summed E-state index contributed by atoms with van der Waals surface area (Å²) in [7, 11) is 1.85. The number of alkyl carbamates (subject to hydrolysis) is 1. The first-order chi connectivity index (χ1) is 17.4. The Morgan fingerprint density at radius 3 is 2.89 bits per heavy atom. The van der Waals surface area contributed by atoms with E-state index in [0.29, 0.717) is 30.3 Å². The monoisotopic (exact) mass is 491 g/mol. The van der Waals surface area contributed by atoms with Gasteiger partial charge in [-0.15, -0.1) is 0 Å². The third-order valence-corrected chi connectivity index (χ3v) is 7.79. The van der Waals surface area contributed by atoms with Gasteiger partial charge in [-0.05, 0) is 38.0 Å². The molecule has 11 nitrogen and oxygen atoms in total. The number of imidazole rings is 1. The van der Waals surface area contributed by atoms with Crippen molar-refractivity contribution in [2.45, 2.75) is 55.8 Å². The maximum Gasteiger partial charge on any atom is 0.407 e. The van der Waals surface area contributed by atoms with Crippen LogP contribution in [-0.4, -0.2) is 58.3 Å². The number of aromatic amines is 1. The molecule has 0 unspecified atom stereocenters. The van der Waals surface area contributed by atoms with Crippen LogP contribution in [0, 0.1) is 5.92 Å². The molecular formula is C24H26FN9O2. The third-order valence-electron chi connectivity index (χ3n) is 7.79. The summed E-state index contributed by atoms with van der Waals surface area (Å²) in [5, 5.41) is 17.7. The molecule has 12 heteroatoms. The first kappa shape index (κ1) is 21.3. The number of ether oxygens (including phenoxy) is 1. The fourth-order valence-corrected chi connectivity index (χ4v) is 5.81. The quantitative estimate of drug-likeness (QED) is 0.377. The van der Waals surface area contributed by atoms with Crippen molar-refractivity contribution in [3.63, 3.8) is 0 Å². The van der Waals surface area contributed by atoms with Gasteiger partial charge in [-0.1, -0.05) is 0 Å². The van der Waals surface area contributed by atoms with Crippen LogP contribution < -0.4 is 10.6 Å². The molecule has 3 atom stereocenters. The normalized spacial score (nSPS) is 28.5. The van der Waals surface area contributed by atoms with Crippen LogP contribution in [0.2, 0.25) is 0 Å². The van der Waals surface area contributed by atoms with Crippen molar-refractivity contribution >= 4 is 23.5 Å². The summed E-state index contributed by atoms with van der Waals surface area (Å²) < 4.78 is 24.3. The summed E-state index contributed by atoms with van der Waals surface area (Å²) in [5.41, 5.74) is 2.87. The van der Waals surface area contributed by atoms with E-state index in [1.165, 1.54) is 0 Å². The number of carbonyl (C=O) groups excluding carboxylic acids is 1. The lowest BCUT2D eigenvalue weighted by atomic mass is 9.50. The van der Waals surface area contributed by atoms with Crippen molar-refractivity contribution in [2.75, 3.05) is 5.32 Å². The van der Waals surface area contributed by atoms with Crippen LogP contribution in [0.3, 0.4) is 0 Å². The molecule has 36 heavy (non-hydrogen) atoms. The molecule has 1 amide bonds. The molecule has 4 aromatic rings. The molecule has 3 N–H and O–H groups in total. The van der Waals surface area contributed by atoms with Crippen molar-refractivity contribution in [1.29, 1.82) is 0 Å². The number of alkyl halides is 1. The van der Waals surface area contributed by atoms with E-state index >= 15 is 4.39 Å². The predicted molar refractivity (Wildman–Crippen MR) is 127 cm³/mol. The molecule has 4 saturated carbocycles. The lowest BCUT2D eigenvalue weighted by molar-refractivity contribution is -0.0532. The summed E-state index contributed by atoms with van der Waals surface area (Å²) in [6, 6.07) is 3.66. The van der Waals surface area contributed by atoms with Gasteiger partial charge < -0.3 is 15.4 Å². The summed E-state index contributed by atoms with van der Waals surface area (Å²) >= 11 is 0. The third kappa shape index (κ3) is 3.50. The lowest BCUT2D eigenvalue weighted by Crippen LogP contribution is -2.68. The van der Waals surface area contributed by atoms with Gasteiger partial charge in [0.05, 0.1) is 11.9 Å². The van der Waals surface area contributed by atoms with Crippen molar-refractivity contribution in [2.24, 2.45) is 13.0 Å². The van der Waals surface area contributed by atoms with Gasteiger partial charge in [0, 0.05) is 60.5 Å². The zero-order chi connectivity index (χ0) is 24.4. The van der Waals surface area contributed by atoms with E-state index in [-0.39, 0.29) is 5.54 Å². The molecule has 0 saturated heterocycles. The molecule has 0 aliphatic heterocycles. The molecule has 2 bridgehead atoms. The van der Waals surface area contributed by atoms with E-state index in [9.17, 15) is 4.79 Å². The number of carbonyl (C=O) groups is 1. The molecule has 4 aromatic heterocycles. The smallest absolute Gasteiger partial charge is 0.407 e. The van der Waals surface area contributed by atoms with E-state index in [2.05, 4.69) is 30.9 Å². The van der Waals surface area contributed by atoms with Crippen LogP contribution in [0.1, 0.15) is 43.7 Å². The van der Waals surface area contributed by atoms with Gasteiger partial charge in [-0.2, -0.15) is 10.2 Å². The van der Waals surface area contributed by atoms with Gasteiger partial charge in [-0.25, -0.2) is 19.2 Å². The van der Waals surface area contributed by atoms with E-state index in [4.69, 9.17) is 9.72 Å². The minimum absolute atomic E-state index is 0.0848. The number of halogens is 1. The minimum atomic E-state index is -1.30. The highest BCUT2D eigenvalue weighted by atomic mass is 19.1. The number of rotatable bonds is 6. The molecule has 0 aromatic carbocycles. The van der Waals surface area contributed by atoms with Crippen LogP contribution in [0.4, 0.5) is 21.0 Å². The van der Waals surface area contributed by atoms with Gasteiger partial charge in [0.25, 0.3) is 0 Å². The number of fused-ring (bicyclic) bond motifs is 1. The highest BCUT2D eigenvalue weighted by Crippen LogP contribution is 2.57. The Bertz CT molecular complexity index is 1440. The van der Waals surface area contributed by atoms with Gasteiger partial charge in [0.15, 0.2) is 5.82 Å². The number of nitrogens with one attached hydrogen (secondary N) is 3. The summed E-state index contributed by atoms with van der Waals surface area (Å²) in [5.74, 6) is 1.35. The fourth-order valence-electron chi connectivity index (χ4n) is 5.81. The molecule has 0 radical (unpaired) electrons. The summed E-state index contributed by atoms with van der Waals surface area (Å²) in [4.78, 5) is 21.4. The molecule has 186 valence electrons. The Morgan fingerprint density at radius 2 is 2.14 bits per heavy atom. The molecule has 4 heterocycles. The maximum atomic E-state index is 15.3. The molecule has 8 rings (SSSR count). The molecular weight excluding hydrogens is 465 g/mol. The van der Waals surface area contributed by atoms with Crippen molar-refractivity contribution in [3.05, 3.63) is 42.6 Å². The largest absolute Gasteiger partial charge is 0.443 e.